The predicted octanol–water partition coefficient (Wildman–Crippen LogP) is 6.58. The fraction of sp³-hybridized carbons (Fsp3) is 0.0769. The highest BCUT2D eigenvalue weighted by molar-refractivity contribution is 8.00. The summed E-state index contributed by atoms with van der Waals surface area (Å²) in [7, 11) is 0. The maximum absolute atomic E-state index is 15.4. The molecule has 0 radical (unpaired) electrons. The van der Waals surface area contributed by atoms with Gasteiger partial charge in [-0.25, -0.2) is 33.1 Å². The first-order valence-corrected chi connectivity index (χ1v) is 12.3. The minimum atomic E-state index is -0.893. The van der Waals surface area contributed by atoms with Crippen molar-refractivity contribution in [1.82, 2.24) is 24.5 Å². The van der Waals surface area contributed by atoms with E-state index in [1.54, 1.807) is 54.1 Å². The molecule has 0 amide bonds. The third-order valence-electron chi connectivity index (χ3n) is 5.63. The van der Waals surface area contributed by atoms with E-state index in [9.17, 15) is 13.7 Å². The van der Waals surface area contributed by atoms with Gasteiger partial charge in [0.1, 0.15) is 41.3 Å². The fourth-order valence-electron chi connectivity index (χ4n) is 3.60. The Labute approximate surface area is 224 Å². The summed E-state index contributed by atoms with van der Waals surface area (Å²) in [5, 5.41) is 5.48. The number of nitrogens with zero attached hydrogens (tertiary/aromatic N) is 6. The highest BCUT2D eigenvalue weighted by Crippen LogP contribution is 2.33. The quantitative estimate of drug-likeness (QED) is 0.157. The zero-order valence-electron chi connectivity index (χ0n) is 20.3. The summed E-state index contributed by atoms with van der Waals surface area (Å²) in [5.74, 6) is -1.58. The molecule has 3 aromatic heterocycles. The van der Waals surface area contributed by atoms with E-state index in [-0.39, 0.29) is 29.4 Å². The van der Waals surface area contributed by atoms with Gasteiger partial charge in [-0.05, 0) is 61.3 Å². The fourth-order valence-corrected chi connectivity index (χ4v) is 4.38. The van der Waals surface area contributed by atoms with Gasteiger partial charge < -0.3 is 10.0 Å². The molecule has 0 unspecified atom stereocenters. The van der Waals surface area contributed by atoms with E-state index in [0.717, 1.165) is 18.0 Å². The molecule has 2 N–H and O–H groups in total. The molecular weight excluding hydrogens is 529 g/mol. The van der Waals surface area contributed by atoms with E-state index >= 15 is 4.39 Å². The molecule has 0 fully saturated rings. The van der Waals surface area contributed by atoms with Crippen LogP contribution in [0.2, 0.25) is 0 Å². The van der Waals surface area contributed by atoms with Gasteiger partial charge in [0.05, 0.1) is 23.4 Å². The van der Waals surface area contributed by atoms with Gasteiger partial charge in [-0.3, -0.25) is 4.57 Å². The average Bonchev–Trinajstić information content (AvgIpc) is 3.41. The molecule has 5 aromatic rings. The van der Waals surface area contributed by atoms with Crippen LogP contribution in [0.5, 0.6) is 0 Å². The number of nitroso groups, excluding NO2 is 1. The monoisotopic (exact) mass is 548 g/mol. The van der Waals surface area contributed by atoms with E-state index in [0.29, 0.717) is 27.5 Å². The molecule has 0 aliphatic carbocycles. The zero-order valence-corrected chi connectivity index (χ0v) is 21.1. The molecule has 0 spiro atoms. The first-order chi connectivity index (χ1) is 18.9. The van der Waals surface area contributed by atoms with Crippen molar-refractivity contribution in [3.05, 3.63) is 101 Å². The number of benzene rings is 2. The third kappa shape index (κ3) is 5.57. The minimum Gasteiger partial charge on any atom is -0.333 e. The van der Waals surface area contributed by atoms with Crippen LogP contribution < -0.4 is 10.0 Å². The van der Waals surface area contributed by atoms with E-state index < -0.39 is 17.3 Å². The van der Waals surface area contributed by atoms with Crippen molar-refractivity contribution in [3.63, 3.8) is 0 Å². The Morgan fingerprint density at radius 1 is 1.05 bits per heavy atom. The zero-order chi connectivity index (χ0) is 27.4. The number of anilines is 3. The van der Waals surface area contributed by atoms with Gasteiger partial charge in [-0.2, -0.15) is 4.91 Å². The van der Waals surface area contributed by atoms with Crippen molar-refractivity contribution in [1.29, 1.82) is 0 Å². The largest absolute Gasteiger partial charge is 0.333 e. The molecule has 0 bridgehead atoms. The molecule has 0 aliphatic heterocycles. The predicted molar refractivity (Wildman–Crippen MR) is 144 cm³/mol. The molecule has 2 aromatic carbocycles. The Morgan fingerprint density at radius 3 is 2.77 bits per heavy atom. The minimum absolute atomic E-state index is 0.0108. The molecule has 13 heteroatoms. The van der Waals surface area contributed by atoms with Gasteiger partial charge in [-0.15, -0.1) is 0 Å². The van der Waals surface area contributed by atoms with Crippen LogP contribution in [0.15, 0.2) is 77.5 Å². The van der Waals surface area contributed by atoms with Crippen LogP contribution in [0.1, 0.15) is 11.3 Å². The summed E-state index contributed by atoms with van der Waals surface area (Å²) in [4.78, 5) is 28.0. The highest BCUT2D eigenvalue weighted by Gasteiger charge is 2.18. The molecule has 5 rings (SSSR count). The van der Waals surface area contributed by atoms with E-state index in [1.807, 2.05) is 0 Å². The number of aromatic nitrogens is 5. The Balaban J connectivity index is 1.44. The molecule has 0 atom stereocenters. The molecule has 3 heterocycles. The first kappa shape index (κ1) is 25.9. The van der Waals surface area contributed by atoms with Crippen LogP contribution in [0.4, 0.5) is 30.4 Å². The lowest BCUT2D eigenvalue weighted by Crippen LogP contribution is -2.05. The van der Waals surface area contributed by atoms with Crippen LogP contribution in [-0.4, -0.2) is 31.0 Å². The van der Waals surface area contributed by atoms with Crippen molar-refractivity contribution in [3.8, 4) is 5.82 Å². The van der Waals surface area contributed by atoms with Crippen molar-refractivity contribution >= 4 is 46.2 Å². The highest BCUT2D eigenvalue weighted by atomic mass is 32.2. The van der Waals surface area contributed by atoms with Crippen LogP contribution in [-0.2, 0) is 0 Å². The Morgan fingerprint density at radius 2 is 1.92 bits per heavy atom. The van der Waals surface area contributed by atoms with E-state index in [2.05, 4.69) is 35.2 Å². The second kappa shape index (κ2) is 11.3. The normalized spacial score (nSPS) is 11.3. The summed E-state index contributed by atoms with van der Waals surface area (Å²) < 4.78 is 48.5. The molecule has 196 valence electrons. The third-order valence-corrected chi connectivity index (χ3v) is 6.61. The second-order valence-corrected chi connectivity index (χ2v) is 9.00. The maximum Gasteiger partial charge on any atom is 0.173 e. The first-order valence-electron chi connectivity index (χ1n) is 11.5. The number of hydrogen-bond donors (Lipinski definition) is 2. The topological polar surface area (TPSA) is 110 Å². The lowest BCUT2D eigenvalue weighted by atomic mass is 10.2. The Bertz CT molecular complexity index is 1710. The second-order valence-electron chi connectivity index (χ2n) is 8.16. The lowest BCUT2D eigenvalue weighted by molar-refractivity contribution is 0.593. The number of halogens is 3. The van der Waals surface area contributed by atoms with Gasteiger partial charge in [0.25, 0.3) is 0 Å². The molecule has 0 saturated heterocycles. The van der Waals surface area contributed by atoms with Gasteiger partial charge in [0.2, 0.25) is 0 Å². The number of fused-ring (bicyclic) bond motifs is 1. The van der Waals surface area contributed by atoms with Crippen LogP contribution in [0, 0.1) is 29.3 Å². The molecular formula is C26H19F3N8OS. The lowest BCUT2D eigenvalue weighted by Gasteiger charge is -2.14. The maximum atomic E-state index is 15.4. The Hall–Kier alpha value is -4.78. The standard InChI is InChI=1S/C26H19F3N8OS/c1-15-17(27)5-2-6-21(15)39-36-19-8-7-18(28)24(23(19)29)35-26-25-20(30-13-31-26)9-10-22(34-25)37-12-16(32-14-37)4-3-11-33-38/h2-10,12-14,36H,11H2,1H3,(H,30,31,35)/b4-3+. The summed E-state index contributed by atoms with van der Waals surface area (Å²) in [6.45, 7) is 1.64. The van der Waals surface area contributed by atoms with Crippen molar-refractivity contribution in [2.75, 3.05) is 16.6 Å². The number of pyridine rings is 1. The number of rotatable bonds is 9. The molecule has 9 nitrogen and oxygen atoms in total. The van der Waals surface area contributed by atoms with Crippen LogP contribution >= 0.6 is 11.9 Å². The van der Waals surface area contributed by atoms with Crippen molar-refractivity contribution in [2.45, 2.75) is 11.8 Å². The van der Waals surface area contributed by atoms with Gasteiger partial charge in [0.15, 0.2) is 11.6 Å². The SMILES string of the molecule is Cc1c(F)cccc1SNc1ccc(F)c(Nc2ncnc3ccc(-n4cnc(/C=C/CN=O)c4)nc23)c1F. The summed E-state index contributed by atoms with van der Waals surface area (Å²) in [5.41, 5.74) is 1.26. The van der Waals surface area contributed by atoms with Crippen molar-refractivity contribution in [2.24, 2.45) is 5.18 Å². The number of hydrogen-bond acceptors (Lipinski definition) is 9. The van der Waals surface area contributed by atoms with Gasteiger partial charge >= 0.3 is 0 Å². The van der Waals surface area contributed by atoms with Crippen LogP contribution in [0.3, 0.4) is 0 Å². The summed E-state index contributed by atoms with van der Waals surface area (Å²) in [6, 6.07) is 10.3. The summed E-state index contributed by atoms with van der Waals surface area (Å²) in [6.07, 6.45) is 7.71. The van der Waals surface area contributed by atoms with Crippen molar-refractivity contribution < 1.29 is 13.2 Å². The van der Waals surface area contributed by atoms with Gasteiger partial charge in [-0.1, -0.05) is 17.3 Å². The van der Waals surface area contributed by atoms with E-state index in [1.165, 1.54) is 24.8 Å². The average molecular weight is 549 g/mol. The smallest absolute Gasteiger partial charge is 0.173 e. The molecule has 39 heavy (non-hydrogen) atoms. The summed E-state index contributed by atoms with van der Waals surface area (Å²) >= 11 is 1.01. The molecule has 0 saturated carbocycles. The van der Waals surface area contributed by atoms with Gasteiger partial charge in [0, 0.05) is 16.7 Å². The Kier molecular flexibility index (Phi) is 7.50. The molecule has 0 aliphatic rings. The number of nitrogens with one attached hydrogen (secondary N) is 2. The van der Waals surface area contributed by atoms with Crippen LogP contribution in [0.25, 0.3) is 22.9 Å². The van der Waals surface area contributed by atoms with E-state index in [4.69, 9.17) is 0 Å². The number of imidazole rings is 1.